The minimum Gasteiger partial charge on any atom is -0.433 e. The van der Waals surface area contributed by atoms with Crippen molar-refractivity contribution in [3.8, 4) is 5.75 Å². The van der Waals surface area contributed by atoms with E-state index in [0.717, 1.165) is 23.8 Å². The van der Waals surface area contributed by atoms with Crippen molar-refractivity contribution in [1.82, 2.24) is 10.3 Å². The van der Waals surface area contributed by atoms with Gasteiger partial charge in [0, 0.05) is 25.0 Å². The van der Waals surface area contributed by atoms with Crippen molar-refractivity contribution in [2.45, 2.75) is 13.2 Å². The lowest BCUT2D eigenvalue weighted by Crippen LogP contribution is -2.28. The van der Waals surface area contributed by atoms with Crippen molar-refractivity contribution >= 4 is 11.7 Å². The van der Waals surface area contributed by atoms with Crippen LogP contribution in [-0.2, 0) is 6.54 Å². The van der Waals surface area contributed by atoms with Gasteiger partial charge in [0.25, 0.3) is 0 Å². The third-order valence-corrected chi connectivity index (χ3v) is 2.58. The molecule has 0 saturated heterocycles. The maximum atomic E-state index is 13.2. The van der Waals surface area contributed by atoms with E-state index in [1.807, 2.05) is 0 Å². The second kappa shape index (κ2) is 7.30. The zero-order chi connectivity index (χ0) is 15.9. The number of alkyl halides is 2. The molecule has 0 aliphatic carbocycles. The molecular formula is C14H12F3N3O2. The first-order valence-electron chi connectivity index (χ1n) is 6.22. The zero-order valence-corrected chi connectivity index (χ0v) is 11.2. The van der Waals surface area contributed by atoms with Crippen LogP contribution in [0.4, 0.5) is 23.7 Å². The fourth-order valence-electron chi connectivity index (χ4n) is 1.65. The van der Waals surface area contributed by atoms with Crippen LogP contribution in [-0.4, -0.2) is 17.6 Å². The van der Waals surface area contributed by atoms with Gasteiger partial charge in [0.1, 0.15) is 11.6 Å². The molecule has 0 aliphatic rings. The fraction of sp³-hybridized carbons (Fsp3) is 0.143. The topological polar surface area (TPSA) is 63.2 Å². The van der Waals surface area contributed by atoms with E-state index in [1.54, 1.807) is 24.5 Å². The number of ether oxygens (including phenoxy) is 1. The van der Waals surface area contributed by atoms with Gasteiger partial charge in [0.15, 0.2) is 0 Å². The average Bonchev–Trinajstić information content (AvgIpc) is 2.49. The second-order valence-electron chi connectivity index (χ2n) is 4.19. The second-order valence-corrected chi connectivity index (χ2v) is 4.19. The number of nitrogens with one attached hydrogen (secondary N) is 2. The number of pyridine rings is 1. The Morgan fingerprint density at radius 1 is 1.32 bits per heavy atom. The molecule has 2 rings (SSSR count). The van der Waals surface area contributed by atoms with Gasteiger partial charge in [-0.3, -0.25) is 4.98 Å². The molecule has 2 N–H and O–H groups in total. The molecule has 1 aromatic carbocycles. The monoisotopic (exact) mass is 311 g/mol. The molecule has 0 radical (unpaired) electrons. The molecule has 5 nitrogen and oxygen atoms in total. The van der Waals surface area contributed by atoms with Gasteiger partial charge in [-0.25, -0.2) is 9.18 Å². The summed E-state index contributed by atoms with van der Waals surface area (Å²) >= 11 is 0. The lowest BCUT2D eigenvalue weighted by Gasteiger charge is -2.12. The predicted molar refractivity (Wildman–Crippen MR) is 73.1 cm³/mol. The summed E-state index contributed by atoms with van der Waals surface area (Å²) in [5.41, 5.74) is 0.560. The Hall–Kier alpha value is -2.77. The average molecular weight is 311 g/mol. The summed E-state index contributed by atoms with van der Waals surface area (Å²) in [6.07, 6.45) is 3.15. The number of halogens is 3. The van der Waals surface area contributed by atoms with Gasteiger partial charge in [-0.05, 0) is 23.8 Å². The van der Waals surface area contributed by atoms with E-state index >= 15 is 0 Å². The Morgan fingerprint density at radius 3 is 2.82 bits per heavy atom. The fourth-order valence-corrected chi connectivity index (χ4v) is 1.65. The Labute approximate surface area is 124 Å². The normalized spacial score (nSPS) is 10.4. The first-order chi connectivity index (χ1) is 10.5. The van der Waals surface area contributed by atoms with Crippen LogP contribution < -0.4 is 15.4 Å². The minimum atomic E-state index is -3.08. The number of anilines is 1. The number of carbonyl (C=O) groups excluding carboxylic acids is 1. The van der Waals surface area contributed by atoms with Crippen LogP contribution in [0.5, 0.6) is 5.75 Å². The number of benzene rings is 1. The maximum Gasteiger partial charge on any atom is 0.387 e. The molecule has 1 aromatic heterocycles. The molecule has 116 valence electrons. The quantitative estimate of drug-likeness (QED) is 0.891. The standard InChI is InChI=1S/C14H12F3N3O2/c15-10-3-4-12(22-13(16)17)11(6-10)20-14(21)19-8-9-2-1-5-18-7-9/h1-7,13H,8H2,(H2,19,20,21). The molecular weight excluding hydrogens is 299 g/mol. The van der Waals surface area contributed by atoms with Crippen molar-refractivity contribution in [1.29, 1.82) is 0 Å². The summed E-state index contributed by atoms with van der Waals surface area (Å²) in [4.78, 5) is 15.6. The van der Waals surface area contributed by atoms with Crippen LogP contribution in [0.2, 0.25) is 0 Å². The Balaban J connectivity index is 2.00. The number of carbonyl (C=O) groups is 1. The number of amides is 2. The summed E-state index contributed by atoms with van der Waals surface area (Å²) in [6.45, 7) is -2.90. The molecule has 2 aromatic rings. The van der Waals surface area contributed by atoms with Gasteiger partial charge in [-0.2, -0.15) is 8.78 Å². The lowest BCUT2D eigenvalue weighted by atomic mass is 10.3. The number of nitrogens with zero attached hydrogens (tertiary/aromatic N) is 1. The van der Waals surface area contributed by atoms with Gasteiger partial charge < -0.3 is 15.4 Å². The van der Waals surface area contributed by atoms with E-state index < -0.39 is 18.5 Å². The van der Waals surface area contributed by atoms with E-state index in [0.29, 0.717) is 0 Å². The highest BCUT2D eigenvalue weighted by atomic mass is 19.3. The summed E-state index contributed by atoms with van der Waals surface area (Å²) < 4.78 is 41.9. The van der Waals surface area contributed by atoms with Crippen molar-refractivity contribution in [3.05, 3.63) is 54.1 Å². The molecule has 1 heterocycles. The van der Waals surface area contributed by atoms with Crippen LogP contribution in [0.15, 0.2) is 42.7 Å². The maximum absolute atomic E-state index is 13.2. The first-order valence-corrected chi connectivity index (χ1v) is 6.22. The predicted octanol–water partition coefficient (Wildman–Crippen LogP) is 3.14. The summed E-state index contributed by atoms with van der Waals surface area (Å²) in [5.74, 6) is -1.02. The van der Waals surface area contributed by atoms with Crippen molar-refractivity contribution in [3.63, 3.8) is 0 Å². The third kappa shape index (κ3) is 4.65. The van der Waals surface area contributed by atoms with Crippen LogP contribution in [0.25, 0.3) is 0 Å². The van der Waals surface area contributed by atoms with E-state index in [4.69, 9.17) is 0 Å². The van der Waals surface area contributed by atoms with Crippen molar-refractivity contribution in [2.24, 2.45) is 0 Å². The van der Waals surface area contributed by atoms with Gasteiger partial charge in [0.05, 0.1) is 5.69 Å². The van der Waals surface area contributed by atoms with Crippen molar-refractivity contribution < 1.29 is 22.7 Å². The Kier molecular flexibility index (Phi) is 5.18. The minimum absolute atomic E-state index is 0.181. The highest BCUT2D eigenvalue weighted by Crippen LogP contribution is 2.26. The SMILES string of the molecule is O=C(NCc1cccnc1)Nc1cc(F)ccc1OC(F)F. The van der Waals surface area contributed by atoms with Gasteiger partial charge in [-0.1, -0.05) is 6.07 Å². The molecule has 0 fully saturated rings. The molecule has 0 atom stereocenters. The molecule has 8 heteroatoms. The molecule has 22 heavy (non-hydrogen) atoms. The van der Waals surface area contributed by atoms with E-state index in [-0.39, 0.29) is 18.0 Å². The number of rotatable bonds is 5. The summed E-state index contributed by atoms with van der Waals surface area (Å²) in [6, 6.07) is 5.63. The van der Waals surface area contributed by atoms with Crippen LogP contribution >= 0.6 is 0 Å². The smallest absolute Gasteiger partial charge is 0.387 e. The molecule has 0 unspecified atom stereocenters. The number of aromatic nitrogens is 1. The molecule has 0 aliphatic heterocycles. The molecule has 0 saturated carbocycles. The lowest BCUT2D eigenvalue weighted by molar-refractivity contribution is -0.0494. The number of hydrogen-bond donors (Lipinski definition) is 2. The molecule has 0 spiro atoms. The zero-order valence-electron chi connectivity index (χ0n) is 11.2. The highest BCUT2D eigenvalue weighted by molar-refractivity contribution is 5.90. The highest BCUT2D eigenvalue weighted by Gasteiger charge is 2.13. The van der Waals surface area contributed by atoms with E-state index in [1.165, 1.54) is 0 Å². The van der Waals surface area contributed by atoms with E-state index in [2.05, 4.69) is 20.4 Å². The first kappa shape index (κ1) is 15.6. The van der Waals surface area contributed by atoms with Crippen LogP contribution in [0, 0.1) is 5.82 Å². The van der Waals surface area contributed by atoms with Gasteiger partial charge in [-0.15, -0.1) is 0 Å². The van der Waals surface area contributed by atoms with Gasteiger partial charge in [0.2, 0.25) is 0 Å². The Bertz CT molecular complexity index is 638. The Morgan fingerprint density at radius 2 is 2.14 bits per heavy atom. The summed E-state index contributed by atoms with van der Waals surface area (Å²) in [7, 11) is 0. The third-order valence-electron chi connectivity index (χ3n) is 2.58. The van der Waals surface area contributed by atoms with Crippen molar-refractivity contribution in [2.75, 3.05) is 5.32 Å². The number of hydrogen-bond acceptors (Lipinski definition) is 3. The largest absolute Gasteiger partial charge is 0.433 e. The number of urea groups is 1. The summed E-state index contributed by atoms with van der Waals surface area (Å²) in [5, 5.41) is 4.75. The van der Waals surface area contributed by atoms with Gasteiger partial charge >= 0.3 is 12.6 Å². The van der Waals surface area contributed by atoms with E-state index in [9.17, 15) is 18.0 Å². The van der Waals surface area contributed by atoms with Crippen LogP contribution in [0.3, 0.4) is 0 Å². The van der Waals surface area contributed by atoms with Crippen LogP contribution in [0.1, 0.15) is 5.56 Å². The molecule has 0 bridgehead atoms. The molecule has 2 amide bonds.